The molecule has 0 fully saturated rings. The zero-order chi connectivity index (χ0) is 10.7. The minimum atomic E-state index is -0.998. The molecule has 0 bridgehead atoms. The van der Waals surface area contributed by atoms with Gasteiger partial charge in [0, 0.05) is 8.96 Å². The lowest BCUT2D eigenvalue weighted by molar-refractivity contribution is 0.330. The van der Waals surface area contributed by atoms with Gasteiger partial charge in [0.05, 0.1) is 0 Å². The van der Waals surface area contributed by atoms with Gasteiger partial charge in [0.15, 0.2) is 11.6 Å². The molecule has 0 heterocycles. The first-order valence-corrected chi connectivity index (χ1v) is 5.20. The summed E-state index contributed by atoms with van der Waals surface area (Å²) in [6.45, 7) is 3.60. The van der Waals surface area contributed by atoms with E-state index in [1.54, 1.807) is 0 Å². The van der Waals surface area contributed by atoms with Gasteiger partial charge in [-0.15, -0.1) is 0 Å². The predicted octanol–water partition coefficient (Wildman–Crippen LogP) is 4.01. The first-order chi connectivity index (χ1) is 6.50. The molecule has 1 nitrogen and oxygen atoms in total. The van der Waals surface area contributed by atoms with Gasteiger partial charge in [-0.2, -0.15) is 4.39 Å². The van der Waals surface area contributed by atoms with Crippen LogP contribution in [0.3, 0.4) is 0 Å². The summed E-state index contributed by atoms with van der Waals surface area (Å²) in [6.07, 6.45) is 0. The third-order valence-corrected chi connectivity index (χ3v) is 2.03. The molecular formula is C9H6Br2F2O. The summed E-state index contributed by atoms with van der Waals surface area (Å²) in [7, 11) is 0. The van der Waals surface area contributed by atoms with Crippen molar-refractivity contribution in [3.05, 3.63) is 39.3 Å². The molecule has 1 rings (SSSR count). The smallest absolute Gasteiger partial charge is 0.200 e. The second-order valence-corrected chi connectivity index (χ2v) is 4.54. The highest BCUT2D eigenvalue weighted by molar-refractivity contribution is 9.11. The van der Waals surface area contributed by atoms with Crippen molar-refractivity contribution in [1.29, 1.82) is 0 Å². The second kappa shape index (κ2) is 4.89. The second-order valence-electron chi connectivity index (χ2n) is 2.51. The highest BCUT2D eigenvalue weighted by Crippen LogP contribution is 2.25. The van der Waals surface area contributed by atoms with E-state index < -0.39 is 11.6 Å². The fourth-order valence-corrected chi connectivity index (χ4v) is 1.32. The Hall–Kier alpha value is -0.420. The maximum atomic E-state index is 13.1. The Kier molecular flexibility index (Phi) is 4.07. The van der Waals surface area contributed by atoms with Crippen LogP contribution in [0.25, 0.3) is 0 Å². The number of benzene rings is 1. The Labute approximate surface area is 97.0 Å². The van der Waals surface area contributed by atoms with Crippen LogP contribution in [0.15, 0.2) is 27.7 Å². The van der Waals surface area contributed by atoms with Crippen LogP contribution in [-0.2, 0) is 0 Å². The first kappa shape index (κ1) is 11.7. The molecule has 0 atom stereocenters. The topological polar surface area (TPSA) is 9.23 Å². The van der Waals surface area contributed by atoms with Crippen molar-refractivity contribution in [3.8, 4) is 5.75 Å². The molecule has 0 saturated carbocycles. The average molecular weight is 328 g/mol. The SMILES string of the molecule is C=C(Br)COc1cc(Br)cc(F)c1F. The van der Waals surface area contributed by atoms with Crippen LogP contribution in [0.2, 0.25) is 0 Å². The van der Waals surface area contributed by atoms with E-state index in [9.17, 15) is 8.78 Å². The zero-order valence-corrected chi connectivity index (χ0v) is 10.2. The summed E-state index contributed by atoms with van der Waals surface area (Å²) >= 11 is 6.08. The molecule has 0 radical (unpaired) electrons. The van der Waals surface area contributed by atoms with E-state index in [0.717, 1.165) is 6.07 Å². The van der Waals surface area contributed by atoms with E-state index in [1.165, 1.54) is 6.07 Å². The maximum absolute atomic E-state index is 13.1. The largest absolute Gasteiger partial charge is 0.485 e. The molecule has 0 unspecified atom stereocenters. The third-order valence-electron chi connectivity index (χ3n) is 1.34. The molecule has 0 spiro atoms. The van der Waals surface area contributed by atoms with Crippen molar-refractivity contribution >= 4 is 31.9 Å². The van der Waals surface area contributed by atoms with Gasteiger partial charge in [0.25, 0.3) is 0 Å². The minimum absolute atomic E-state index is 0.0901. The van der Waals surface area contributed by atoms with E-state index in [4.69, 9.17) is 4.74 Å². The summed E-state index contributed by atoms with van der Waals surface area (Å²) in [4.78, 5) is 0. The minimum Gasteiger partial charge on any atom is -0.485 e. The van der Waals surface area contributed by atoms with Crippen molar-refractivity contribution in [2.75, 3.05) is 6.61 Å². The number of hydrogen-bond donors (Lipinski definition) is 0. The third kappa shape index (κ3) is 3.06. The summed E-state index contributed by atoms with van der Waals surface area (Å²) in [5, 5.41) is 0. The van der Waals surface area contributed by atoms with E-state index >= 15 is 0 Å². The van der Waals surface area contributed by atoms with E-state index in [1.807, 2.05) is 0 Å². The molecule has 0 aliphatic rings. The monoisotopic (exact) mass is 326 g/mol. The molecule has 0 saturated heterocycles. The van der Waals surface area contributed by atoms with E-state index in [2.05, 4.69) is 38.4 Å². The Bertz CT molecular complexity index is 366. The standard InChI is InChI=1S/C9H6Br2F2O/c1-5(10)4-14-8-3-6(11)2-7(12)9(8)13/h2-3H,1,4H2. The first-order valence-electron chi connectivity index (χ1n) is 3.61. The average Bonchev–Trinajstić information content (AvgIpc) is 2.08. The molecule has 14 heavy (non-hydrogen) atoms. The van der Waals surface area contributed by atoms with Crippen molar-refractivity contribution in [2.24, 2.45) is 0 Å². The lowest BCUT2D eigenvalue weighted by Gasteiger charge is -2.07. The van der Waals surface area contributed by atoms with Crippen LogP contribution < -0.4 is 4.74 Å². The van der Waals surface area contributed by atoms with Crippen molar-refractivity contribution < 1.29 is 13.5 Å². The van der Waals surface area contributed by atoms with Crippen LogP contribution in [0, 0.1) is 11.6 Å². The summed E-state index contributed by atoms with van der Waals surface area (Å²) in [5.41, 5.74) is 0. The van der Waals surface area contributed by atoms with E-state index in [0.29, 0.717) is 8.96 Å². The van der Waals surface area contributed by atoms with Gasteiger partial charge < -0.3 is 4.74 Å². The number of ether oxygens (including phenoxy) is 1. The van der Waals surface area contributed by atoms with Gasteiger partial charge in [-0.25, -0.2) is 4.39 Å². The quantitative estimate of drug-likeness (QED) is 0.762. The van der Waals surface area contributed by atoms with Crippen LogP contribution in [0.5, 0.6) is 5.75 Å². The van der Waals surface area contributed by atoms with Gasteiger partial charge >= 0.3 is 0 Å². The predicted molar refractivity (Wildman–Crippen MR) is 57.6 cm³/mol. The lowest BCUT2D eigenvalue weighted by Crippen LogP contribution is -1.99. The molecule has 76 valence electrons. The van der Waals surface area contributed by atoms with Gasteiger partial charge in [-0.05, 0) is 12.1 Å². The van der Waals surface area contributed by atoms with Gasteiger partial charge in [-0.3, -0.25) is 0 Å². The molecule has 0 aliphatic heterocycles. The van der Waals surface area contributed by atoms with Crippen molar-refractivity contribution in [2.45, 2.75) is 0 Å². The zero-order valence-electron chi connectivity index (χ0n) is 6.99. The molecule has 5 heteroatoms. The van der Waals surface area contributed by atoms with Gasteiger partial charge in [0.1, 0.15) is 6.61 Å². The molecule has 0 aliphatic carbocycles. The summed E-state index contributed by atoms with van der Waals surface area (Å²) in [5.74, 6) is -2.09. The Morgan fingerprint density at radius 1 is 1.43 bits per heavy atom. The maximum Gasteiger partial charge on any atom is 0.200 e. The Morgan fingerprint density at radius 2 is 2.07 bits per heavy atom. The fraction of sp³-hybridized carbons (Fsp3) is 0.111. The Balaban J connectivity index is 2.90. The molecular weight excluding hydrogens is 322 g/mol. The molecule has 1 aromatic rings. The van der Waals surface area contributed by atoms with Gasteiger partial charge in [-0.1, -0.05) is 38.4 Å². The van der Waals surface area contributed by atoms with Crippen LogP contribution in [0.4, 0.5) is 8.78 Å². The van der Waals surface area contributed by atoms with Crippen molar-refractivity contribution in [1.82, 2.24) is 0 Å². The highest BCUT2D eigenvalue weighted by Gasteiger charge is 2.11. The highest BCUT2D eigenvalue weighted by atomic mass is 79.9. The molecule has 0 N–H and O–H groups in total. The normalized spacial score (nSPS) is 10.0. The fourth-order valence-electron chi connectivity index (χ4n) is 0.793. The molecule has 1 aromatic carbocycles. The van der Waals surface area contributed by atoms with E-state index in [-0.39, 0.29) is 12.4 Å². The molecule has 0 amide bonds. The van der Waals surface area contributed by atoms with Crippen LogP contribution in [0.1, 0.15) is 0 Å². The summed E-state index contributed by atoms with van der Waals surface area (Å²) < 4.78 is 31.9. The Morgan fingerprint density at radius 3 is 2.64 bits per heavy atom. The van der Waals surface area contributed by atoms with Crippen molar-refractivity contribution in [3.63, 3.8) is 0 Å². The van der Waals surface area contributed by atoms with Crippen LogP contribution in [-0.4, -0.2) is 6.61 Å². The molecule has 0 aromatic heterocycles. The number of hydrogen-bond acceptors (Lipinski definition) is 1. The van der Waals surface area contributed by atoms with Gasteiger partial charge in [0.2, 0.25) is 5.82 Å². The van der Waals surface area contributed by atoms with Crippen LogP contribution >= 0.6 is 31.9 Å². The number of halogens is 4. The number of rotatable bonds is 3. The summed E-state index contributed by atoms with van der Waals surface area (Å²) in [6, 6.07) is 2.39. The lowest BCUT2D eigenvalue weighted by atomic mass is 10.3.